The van der Waals surface area contributed by atoms with Gasteiger partial charge in [-0.2, -0.15) is 5.26 Å². The fraction of sp³-hybridized carbons (Fsp3) is 0. The molecule has 0 aliphatic rings. The summed E-state index contributed by atoms with van der Waals surface area (Å²) in [6.07, 6.45) is 1.52. The Morgan fingerprint density at radius 3 is 2.29 bits per heavy atom. The average molecular weight is 367 g/mol. The Morgan fingerprint density at radius 1 is 0.893 bits per heavy atom. The van der Waals surface area contributed by atoms with Crippen molar-refractivity contribution < 1.29 is 4.74 Å². The van der Waals surface area contributed by atoms with Gasteiger partial charge in [-0.05, 0) is 48.5 Å². The van der Waals surface area contributed by atoms with Gasteiger partial charge in [-0.25, -0.2) is 0 Å². The van der Waals surface area contributed by atoms with Crippen molar-refractivity contribution in [2.24, 2.45) is 0 Å². The van der Waals surface area contributed by atoms with E-state index >= 15 is 0 Å². The molecule has 5 N–H and O–H groups in total. The standard InChI is InChI=1S/C22H17N5O/c23-12-14-13-26-21-11-20(25)19(24)10-18(21)22(14)27-15-6-8-17(9-7-15)28-16-4-2-1-3-5-16/h1-11,13H,24-25H2,(H,26,27). The second-order valence-corrected chi connectivity index (χ2v) is 6.22. The minimum Gasteiger partial charge on any atom is -0.457 e. The van der Waals surface area contributed by atoms with Crippen molar-refractivity contribution in [3.63, 3.8) is 0 Å². The molecular weight excluding hydrogens is 350 g/mol. The Labute approximate surface area is 162 Å². The van der Waals surface area contributed by atoms with Crippen LogP contribution in [-0.2, 0) is 0 Å². The number of pyridine rings is 1. The van der Waals surface area contributed by atoms with Gasteiger partial charge in [0.1, 0.15) is 17.6 Å². The number of nitrogens with zero attached hydrogens (tertiary/aromatic N) is 2. The van der Waals surface area contributed by atoms with Crippen molar-refractivity contribution in [3.05, 3.63) is 78.5 Å². The summed E-state index contributed by atoms with van der Waals surface area (Å²) in [7, 11) is 0. The molecule has 0 aliphatic heterocycles. The molecule has 0 saturated carbocycles. The first-order chi connectivity index (χ1) is 13.6. The van der Waals surface area contributed by atoms with Crippen LogP contribution in [0.4, 0.5) is 22.7 Å². The molecule has 0 spiro atoms. The maximum atomic E-state index is 9.48. The molecule has 0 saturated heterocycles. The largest absolute Gasteiger partial charge is 0.457 e. The lowest BCUT2D eigenvalue weighted by atomic mass is 10.1. The third kappa shape index (κ3) is 3.37. The molecule has 0 amide bonds. The van der Waals surface area contributed by atoms with E-state index in [1.807, 2.05) is 54.6 Å². The summed E-state index contributed by atoms with van der Waals surface area (Å²) in [5.74, 6) is 1.48. The average Bonchev–Trinajstić information content (AvgIpc) is 2.72. The molecule has 4 rings (SSSR count). The van der Waals surface area contributed by atoms with Crippen LogP contribution in [0, 0.1) is 11.3 Å². The van der Waals surface area contributed by atoms with Gasteiger partial charge in [-0.15, -0.1) is 0 Å². The van der Waals surface area contributed by atoms with Crippen molar-refractivity contribution in [2.45, 2.75) is 0 Å². The molecule has 6 nitrogen and oxygen atoms in total. The Bertz CT molecular complexity index is 1180. The molecule has 6 heteroatoms. The van der Waals surface area contributed by atoms with E-state index in [2.05, 4.69) is 16.4 Å². The minimum absolute atomic E-state index is 0.418. The van der Waals surface area contributed by atoms with Gasteiger partial charge in [0.05, 0.1) is 28.1 Å². The third-order valence-corrected chi connectivity index (χ3v) is 4.30. The van der Waals surface area contributed by atoms with Crippen LogP contribution in [0.2, 0.25) is 0 Å². The second kappa shape index (κ2) is 7.17. The topological polar surface area (TPSA) is 110 Å². The summed E-state index contributed by atoms with van der Waals surface area (Å²) in [6, 6.07) is 22.6. The zero-order valence-corrected chi connectivity index (χ0v) is 14.9. The molecule has 4 aromatic rings. The van der Waals surface area contributed by atoms with Crippen molar-refractivity contribution in [1.29, 1.82) is 5.26 Å². The molecule has 0 fully saturated rings. The van der Waals surface area contributed by atoms with Gasteiger partial charge in [0.15, 0.2) is 0 Å². The van der Waals surface area contributed by atoms with E-state index in [0.29, 0.717) is 33.9 Å². The van der Waals surface area contributed by atoms with Crippen molar-refractivity contribution >= 4 is 33.7 Å². The predicted octanol–water partition coefficient (Wildman–Crippen LogP) is 4.81. The molecule has 0 aliphatic carbocycles. The Hall–Kier alpha value is -4.24. The number of para-hydroxylation sites is 1. The number of nitrogens with one attached hydrogen (secondary N) is 1. The van der Waals surface area contributed by atoms with Gasteiger partial charge in [-0.1, -0.05) is 18.2 Å². The van der Waals surface area contributed by atoms with Crippen LogP contribution in [0.15, 0.2) is 72.9 Å². The van der Waals surface area contributed by atoms with Crippen LogP contribution in [-0.4, -0.2) is 4.98 Å². The number of fused-ring (bicyclic) bond motifs is 1. The van der Waals surface area contributed by atoms with Crippen molar-refractivity contribution in [2.75, 3.05) is 16.8 Å². The van der Waals surface area contributed by atoms with Crippen molar-refractivity contribution in [3.8, 4) is 17.6 Å². The molecule has 0 bridgehead atoms. The molecule has 1 heterocycles. The number of anilines is 4. The highest BCUT2D eigenvalue weighted by Gasteiger charge is 2.11. The quantitative estimate of drug-likeness (QED) is 0.447. The minimum atomic E-state index is 0.418. The van der Waals surface area contributed by atoms with Crippen LogP contribution in [0.5, 0.6) is 11.5 Å². The molecule has 3 aromatic carbocycles. The predicted molar refractivity (Wildman–Crippen MR) is 112 cm³/mol. The summed E-state index contributed by atoms with van der Waals surface area (Å²) < 4.78 is 5.81. The summed E-state index contributed by atoms with van der Waals surface area (Å²) in [5, 5.41) is 13.5. The second-order valence-electron chi connectivity index (χ2n) is 6.22. The fourth-order valence-corrected chi connectivity index (χ4v) is 2.87. The number of rotatable bonds is 4. The van der Waals surface area contributed by atoms with E-state index in [9.17, 15) is 5.26 Å². The fourth-order valence-electron chi connectivity index (χ4n) is 2.87. The maximum Gasteiger partial charge on any atom is 0.127 e. The normalized spacial score (nSPS) is 10.4. The lowest BCUT2D eigenvalue weighted by Crippen LogP contribution is -2.00. The van der Waals surface area contributed by atoms with Crippen molar-refractivity contribution in [1.82, 2.24) is 4.98 Å². The van der Waals surface area contributed by atoms with Gasteiger partial charge in [0.25, 0.3) is 0 Å². The van der Waals surface area contributed by atoms with Crippen LogP contribution >= 0.6 is 0 Å². The lowest BCUT2D eigenvalue weighted by Gasteiger charge is -2.13. The number of nitriles is 1. The summed E-state index contributed by atoms with van der Waals surface area (Å²) in [4.78, 5) is 4.30. The lowest BCUT2D eigenvalue weighted by molar-refractivity contribution is 0.483. The van der Waals surface area contributed by atoms with E-state index in [1.165, 1.54) is 6.20 Å². The third-order valence-electron chi connectivity index (χ3n) is 4.30. The number of nitrogens with two attached hydrogens (primary N) is 2. The highest BCUT2D eigenvalue weighted by molar-refractivity contribution is 5.99. The zero-order valence-electron chi connectivity index (χ0n) is 14.9. The number of nitrogen functional groups attached to an aromatic ring is 2. The SMILES string of the molecule is N#Cc1cnc2cc(N)c(N)cc2c1Nc1ccc(Oc2ccccc2)cc1. The van der Waals surface area contributed by atoms with Crippen LogP contribution in [0.3, 0.4) is 0 Å². The first kappa shape index (κ1) is 17.2. The molecular formula is C22H17N5O. The summed E-state index contributed by atoms with van der Waals surface area (Å²) in [5.41, 5.74) is 15.3. The van der Waals surface area contributed by atoms with Crippen LogP contribution in [0.25, 0.3) is 10.9 Å². The number of benzene rings is 3. The first-order valence-electron chi connectivity index (χ1n) is 8.62. The Kier molecular flexibility index (Phi) is 4.40. The zero-order chi connectivity index (χ0) is 19.5. The summed E-state index contributed by atoms with van der Waals surface area (Å²) >= 11 is 0. The van der Waals surface area contributed by atoms with Gasteiger partial charge in [0.2, 0.25) is 0 Å². The monoisotopic (exact) mass is 367 g/mol. The summed E-state index contributed by atoms with van der Waals surface area (Å²) in [6.45, 7) is 0. The number of hydrogen-bond acceptors (Lipinski definition) is 6. The van der Waals surface area contributed by atoms with E-state index in [4.69, 9.17) is 16.2 Å². The van der Waals surface area contributed by atoms with Gasteiger partial charge in [-0.3, -0.25) is 4.98 Å². The highest BCUT2D eigenvalue weighted by atomic mass is 16.5. The Morgan fingerprint density at radius 2 is 1.57 bits per heavy atom. The van der Waals surface area contributed by atoms with Gasteiger partial charge >= 0.3 is 0 Å². The number of ether oxygens (including phenoxy) is 1. The molecule has 0 atom stereocenters. The van der Waals surface area contributed by atoms with E-state index in [1.54, 1.807) is 12.1 Å². The molecule has 0 radical (unpaired) electrons. The molecule has 1 aromatic heterocycles. The first-order valence-corrected chi connectivity index (χ1v) is 8.62. The number of hydrogen-bond donors (Lipinski definition) is 3. The molecule has 28 heavy (non-hydrogen) atoms. The smallest absolute Gasteiger partial charge is 0.127 e. The molecule has 0 unspecified atom stereocenters. The van der Waals surface area contributed by atoms with E-state index < -0.39 is 0 Å². The van der Waals surface area contributed by atoms with E-state index in [-0.39, 0.29) is 0 Å². The van der Waals surface area contributed by atoms with Gasteiger partial charge in [0, 0.05) is 17.3 Å². The molecule has 136 valence electrons. The highest BCUT2D eigenvalue weighted by Crippen LogP contribution is 2.33. The van der Waals surface area contributed by atoms with Gasteiger partial charge < -0.3 is 21.5 Å². The maximum absolute atomic E-state index is 9.48. The number of aromatic nitrogens is 1. The van der Waals surface area contributed by atoms with E-state index in [0.717, 1.165) is 16.8 Å². The van der Waals surface area contributed by atoms with Crippen LogP contribution < -0.4 is 21.5 Å². The van der Waals surface area contributed by atoms with Crippen LogP contribution in [0.1, 0.15) is 5.56 Å². The Balaban J connectivity index is 1.66.